The number of anilines is 2. The number of rotatable bonds is 8. The van der Waals surface area contributed by atoms with Crippen molar-refractivity contribution in [2.24, 2.45) is 10.3 Å². The Morgan fingerprint density at radius 1 is 1.18 bits per heavy atom. The number of fused-ring (bicyclic) bond motifs is 1. The van der Waals surface area contributed by atoms with Crippen molar-refractivity contribution < 1.29 is 21.9 Å². The molecule has 0 amide bonds. The second-order valence-electron chi connectivity index (χ2n) is 9.63. The highest BCUT2D eigenvalue weighted by atomic mass is 32.2. The predicted molar refractivity (Wildman–Crippen MR) is 149 cm³/mol. The molecule has 0 atom stereocenters. The molecule has 4 rings (SSSR count). The summed E-state index contributed by atoms with van der Waals surface area (Å²) < 4.78 is 57.4. The van der Waals surface area contributed by atoms with E-state index in [4.69, 9.17) is 0 Å². The van der Waals surface area contributed by atoms with E-state index in [0.29, 0.717) is 11.3 Å². The van der Waals surface area contributed by atoms with Crippen molar-refractivity contribution in [2.45, 2.75) is 51.6 Å². The Hall–Kier alpha value is -3.23. The van der Waals surface area contributed by atoms with Crippen molar-refractivity contribution in [3.63, 3.8) is 0 Å². The smallest absolute Gasteiger partial charge is 0.286 e. The summed E-state index contributed by atoms with van der Waals surface area (Å²) in [5, 5.41) is 20.1. The number of amidine groups is 1. The van der Waals surface area contributed by atoms with Gasteiger partial charge in [-0.05, 0) is 55.8 Å². The van der Waals surface area contributed by atoms with Gasteiger partial charge in [0.1, 0.15) is 16.2 Å². The summed E-state index contributed by atoms with van der Waals surface area (Å²) in [6.07, 6.45) is 1.68. The third-order valence-corrected chi connectivity index (χ3v) is 9.37. The van der Waals surface area contributed by atoms with Gasteiger partial charge in [0, 0.05) is 12.6 Å². The third kappa shape index (κ3) is 5.33. The fraction of sp³-hybridized carbons (Fsp3) is 0.375. The number of nitrogens with zero attached hydrogens (tertiary/aromatic N) is 4. The van der Waals surface area contributed by atoms with E-state index in [9.17, 15) is 26.7 Å². The molecule has 2 aromatic heterocycles. The zero-order valence-corrected chi connectivity index (χ0v) is 24.0. The van der Waals surface area contributed by atoms with Crippen molar-refractivity contribution >= 4 is 48.6 Å². The molecule has 38 heavy (non-hydrogen) atoms. The molecular formula is C24H29N5O6S3. The number of hydrogen-bond acceptors (Lipinski definition) is 9. The topological polar surface area (TPSA) is 151 Å². The van der Waals surface area contributed by atoms with Crippen LogP contribution in [0.1, 0.15) is 39.7 Å². The van der Waals surface area contributed by atoms with E-state index < -0.39 is 37.4 Å². The average molecular weight is 580 g/mol. The van der Waals surface area contributed by atoms with Gasteiger partial charge >= 0.3 is 0 Å². The minimum absolute atomic E-state index is 0.0953. The molecule has 0 unspecified atom stereocenters. The summed E-state index contributed by atoms with van der Waals surface area (Å²) in [6.45, 7) is 7.61. The van der Waals surface area contributed by atoms with Crippen molar-refractivity contribution in [2.75, 3.05) is 15.9 Å². The fourth-order valence-electron chi connectivity index (χ4n) is 4.15. The Morgan fingerprint density at radius 3 is 2.47 bits per heavy atom. The number of aromatic hydroxyl groups is 1. The Morgan fingerprint density at radius 2 is 1.89 bits per heavy atom. The molecule has 2 N–H and O–H groups in total. The standard InChI is InChI=1S/C24H29N5O6S3/c1-14(2)10-11-28-24(31)20(22(30)21(26-28)18-7-6-12-36-18)23-25-17-9-8-16(13-19(17)38(34,35)27-23)29(15(3)4)37(5,32)33/h6-9,12-15,30H,10-11H2,1-5H3,(H,25,27). The maximum Gasteiger partial charge on any atom is 0.286 e. The summed E-state index contributed by atoms with van der Waals surface area (Å²) in [4.78, 5) is 13.8. The third-order valence-electron chi connectivity index (χ3n) is 5.83. The Kier molecular flexibility index (Phi) is 7.43. The molecule has 0 radical (unpaired) electrons. The van der Waals surface area contributed by atoms with E-state index in [-0.39, 0.29) is 45.8 Å². The van der Waals surface area contributed by atoms with Crippen LogP contribution in [0.2, 0.25) is 0 Å². The molecule has 14 heteroatoms. The normalized spacial score (nSPS) is 14.8. The van der Waals surface area contributed by atoms with E-state index in [1.165, 1.54) is 34.2 Å². The number of nitrogens with one attached hydrogen (secondary N) is 1. The maximum absolute atomic E-state index is 13.4. The van der Waals surface area contributed by atoms with Crippen LogP contribution >= 0.6 is 11.3 Å². The lowest BCUT2D eigenvalue weighted by Crippen LogP contribution is -2.36. The summed E-state index contributed by atoms with van der Waals surface area (Å²) in [5.41, 5.74) is -0.605. The molecule has 1 aliphatic rings. The van der Waals surface area contributed by atoms with E-state index in [2.05, 4.69) is 14.8 Å². The number of aromatic nitrogens is 2. The molecule has 0 saturated heterocycles. The average Bonchev–Trinajstić information content (AvgIpc) is 3.32. The molecule has 1 aromatic carbocycles. The molecular weight excluding hydrogens is 550 g/mol. The van der Waals surface area contributed by atoms with Crippen LogP contribution in [-0.4, -0.2) is 49.9 Å². The molecule has 0 saturated carbocycles. The molecule has 0 aliphatic carbocycles. The van der Waals surface area contributed by atoms with Crippen molar-refractivity contribution in [1.82, 2.24) is 9.78 Å². The highest BCUT2D eigenvalue weighted by molar-refractivity contribution is 7.92. The van der Waals surface area contributed by atoms with Gasteiger partial charge in [0.25, 0.3) is 15.6 Å². The first-order valence-corrected chi connectivity index (χ1v) is 16.0. The number of benzene rings is 1. The van der Waals surface area contributed by atoms with Crippen LogP contribution in [0.15, 0.2) is 49.8 Å². The fourth-order valence-corrected chi connectivity index (χ4v) is 7.27. The highest BCUT2D eigenvalue weighted by Gasteiger charge is 2.32. The van der Waals surface area contributed by atoms with Crippen LogP contribution in [-0.2, 0) is 26.6 Å². The van der Waals surface area contributed by atoms with Gasteiger partial charge in [-0.3, -0.25) is 9.10 Å². The minimum atomic E-state index is -4.38. The van der Waals surface area contributed by atoms with Crippen LogP contribution in [0, 0.1) is 5.92 Å². The quantitative estimate of drug-likeness (QED) is 0.412. The second-order valence-corrected chi connectivity index (χ2v) is 14.0. The Bertz CT molecular complexity index is 1670. The number of hydrogen-bond donors (Lipinski definition) is 2. The lowest BCUT2D eigenvalue weighted by atomic mass is 10.1. The summed E-state index contributed by atoms with van der Waals surface area (Å²) in [7, 11) is -8.07. The highest BCUT2D eigenvalue weighted by Crippen LogP contribution is 2.36. The molecule has 0 bridgehead atoms. The molecule has 11 nitrogen and oxygen atoms in total. The number of sulfonamides is 2. The molecule has 0 fully saturated rings. The number of thiophene rings is 1. The summed E-state index contributed by atoms with van der Waals surface area (Å²) >= 11 is 1.31. The Balaban J connectivity index is 1.88. The molecule has 3 aromatic rings. The van der Waals surface area contributed by atoms with Gasteiger partial charge in [-0.2, -0.15) is 13.5 Å². The van der Waals surface area contributed by atoms with Crippen molar-refractivity contribution in [3.8, 4) is 16.3 Å². The zero-order chi connectivity index (χ0) is 28.0. The van der Waals surface area contributed by atoms with E-state index in [1.807, 2.05) is 13.8 Å². The molecule has 0 spiro atoms. The van der Waals surface area contributed by atoms with Gasteiger partial charge in [-0.1, -0.05) is 19.9 Å². The summed E-state index contributed by atoms with van der Waals surface area (Å²) in [5.74, 6) is -0.548. The van der Waals surface area contributed by atoms with Gasteiger partial charge in [0.2, 0.25) is 10.0 Å². The van der Waals surface area contributed by atoms with Crippen LogP contribution in [0.5, 0.6) is 5.75 Å². The first kappa shape index (κ1) is 27.8. The monoisotopic (exact) mass is 579 g/mol. The van der Waals surface area contributed by atoms with E-state index in [1.54, 1.807) is 31.4 Å². The minimum Gasteiger partial charge on any atom is -0.505 e. The van der Waals surface area contributed by atoms with Gasteiger partial charge in [-0.25, -0.2) is 13.1 Å². The lowest BCUT2D eigenvalue weighted by molar-refractivity contribution is 0.444. The van der Waals surface area contributed by atoms with Crippen LogP contribution in [0.4, 0.5) is 11.4 Å². The SMILES string of the molecule is CC(C)CCn1nc(-c2cccs2)c(O)c(C2=NS(=O)(=O)c3cc(N(C(C)C)S(C)(=O)=O)ccc3N2)c1=O. The predicted octanol–water partition coefficient (Wildman–Crippen LogP) is 3.46. The molecule has 3 heterocycles. The van der Waals surface area contributed by atoms with Crippen molar-refractivity contribution in [1.29, 1.82) is 0 Å². The zero-order valence-electron chi connectivity index (χ0n) is 21.5. The van der Waals surface area contributed by atoms with Gasteiger partial charge in [0.15, 0.2) is 11.6 Å². The number of aryl methyl sites for hydroxylation is 1. The maximum atomic E-state index is 13.4. The van der Waals surface area contributed by atoms with Crippen LogP contribution < -0.4 is 15.2 Å². The second kappa shape index (κ2) is 10.2. The van der Waals surface area contributed by atoms with E-state index in [0.717, 1.165) is 10.6 Å². The van der Waals surface area contributed by atoms with Crippen molar-refractivity contribution in [3.05, 3.63) is 51.6 Å². The molecule has 1 aliphatic heterocycles. The van der Waals surface area contributed by atoms with Gasteiger partial charge in [-0.15, -0.1) is 15.7 Å². The van der Waals surface area contributed by atoms with Gasteiger partial charge < -0.3 is 10.4 Å². The first-order valence-electron chi connectivity index (χ1n) is 11.8. The van der Waals surface area contributed by atoms with Gasteiger partial charge in [0.05, 0.1) is 22.5 Å². The first-order chi connectivity index (χ1) is 17.7. The largest absolute Gasteiger partial charge is 0.505 e. The molecule has 204 valence electrons. The lowest BCUT2D eigenvalue weighted by Gasteiger charge is -2.28. The summed E-state index contributed by atoms with van der Waals surface area (Å²) in [6, 6.07) is 7.15. The Labute approximate surface area is 225 Å². The van der Waals surface area contributed by atoms with Crippen LogP contribution in [0.3, 0.4) is 0 Å². The van der Waals surface area contributed by atoms with E-state index >= 15 is 0 Å². The van der Waals surface area contributed by atoms with Crippen LogP contribution in [0.25, 0.3) is 10.6 Å².